The van der Waals surface area contributed by atoms with Crippen LogP contribution in [-0.4, -0.2) is 35.8 Å². The van der Waals surface area contributed by atoms with Gasteiger partial charge in [-0.1, -0.05) is 18.5 Å². The number of nitrogens with one attached hydrogen (secondary N) is 1. The quantitative estimate of drug-likeness (QED) is 0.530. The topological polar surface area (TPSA) is 98.8 Å². The van der Waals surface area contributed by atoms with Crippen LogP contribution in [0.4, 0.5) is 10.1 Å². The summed E-state index contributed by atoms with van der Waals surface area (Å²) in [6.45, 7) is 5.96. The average molecular weight is 402 g/mol. The number of ether oxygens (including phenoxy) is 2. The van der Waals surface area contributed by atoms with Crippen molar-refractivity contribution in [3.63, 3.8) is 0 Å². The van der Waals surface area contributed by atoms with Crippen LogP contribution in [-0.2, 0) is 23.9 Å². The van der Waals surface area contributed by atoms with Crippen LogP contribution in [0.25, 0.3) is 0 Å². The van der Waals surface area contributed by atoms with E-state index in [-0.39, 0.29) is 35.1 Å². The van der Waals surface area contributed by atoms with Gasteiger partial charge in [0.1, 0.15) is 11.6 Å². The highest BCUT2D eigenvalue weighted by atomic mass is 35.5. The predicted molar refractivity (Wildman–Crippen MR) is 96.1 cm³/mol. The molecule has 0 unspecified atom stereocenters. The molecule has 0 radical (unpaired) electrons. The van der Waals surface area contributed by atoms with E-state index in [1.165, 1.54) is 13.8 Å². The average Bonchev–Trinajstić information content (AvgIpc) is 2.56. The zero-order valence-electron chi connectivity index (χ0n) is 15.5. The van der Waals surface area contributed by atoms with Crippen LogP contribution in [0.3, 0.4) is 0 Å². The van der Waals surface area contributed by atoms with Gasteiger partial charge in [-0.15, -0.1) is 0 Å². The Kier molecular flexibility index (Phi) is 7.90. The van der Waals surface area contributed by atoms with Gasteiger partial charge in [-0.05, 0) is 32.9 Å². The molecular formula is C18H21ClFNO6. The number of rotatable bonds is 8. The van der Waals surface area contributed by atoms with Crippen molar-refractivity contribution in [3.05, 3.63) is 28.5 Å². The van der Waals surface area contributed by atoms with Crippen LogP contribution in [0.15, 0.2) is 12.1 Å². The zero-order chi connectivity index (χ0) is 20.8. The Balaban J connectivity index is 3.04. The van der Waals surface area contributed by atoms with E-state index in [1.54, 1.807) is 13.8 Å². The minimum atomic E-state index is -1.60. The first-order valence-corrected chi connectivity index (χ1v) is 8.60. The smallest absolute Gasteiger partial charge is 0.350 e. The predicted octanol–water partition coefficient (Wildman–Crippen LogP) is 3.29. The molecule has 1 aromatic rings. The fourth-order valence-corrected chi connectivity index (χ4v) is 2.16. The minimum absolute atomic E-state index is 0.101. The maximum Gasteiger partial charge on any atom is 0.350 e. The molecule has 0 aliphatic rings. The summed E-state index contributed by atoms with van der Waals surface area (Å²) in [6.07, 6.45) is -0.259. The van der Waals surface area contributed by atoms with Crippen molar-refractivity contribution >= 4 is 40.9 Å². The summed E-state index contributed by atoms with van der Waals surface area (Å²) >= 11 is 5.89. The van der Waals surface area contributed by atoms with Crippen molar-refractivity contribution in [1.82, 2.24) is 0 Å². The van der Waals surface area contributed by atoms with Gasteiger partial charge >= 0.3 is 11.9 Å². The maximum atomic E-state index is 14.0. The molecule has 7 nitrogen and oxygen atoms in total. The van der Waals surface area contributed by atoms with Crippen LogP contribution < -0.4 is 5.32 Å². The van der Waals surface area contributed by atoms with Gasteiger partial charge in [0, 0.05) is 6.42 Å². The third-order valence-corrected chi connectivity index (χ3v) is 3.73. The number of hydrogen-bond donors (Lipinski definition) is 1. The molecule has 1 rings (SSSR count). The van der Waals surface area contributed by atoms with Crippen molar-refractivity contribution in [1.29, 1.82) is 0 Å². The number of amides is 1. The largest absolute Gasteiger partial charge is 0.463 e. The van der Waals surface area contributed by atoms with E-state index in [4.69, 9.17) is 21.1 Å². The molecule has 0 fully saturated rings. The lowest BCUT2D eigenvalue weighted by Crippen LogP contribution is -2.38. The summed E-state index contributed by atoms with van der Waals surface area (Å²) in [6, 6.07) is 1.81. The van der Waals surface area contributed by atoms with Gasteiger partial charge < -0.3 is 14.8 Å². The van der Waals surface area contributed by atoms with Crippen molar-refractivity contribution in [2.45, 2.75) is 46.1 Å². The molecule has 1 aromatic carbocycles. The van der Waals surface area contributed by atoms with E-state index < -0.39 is 35.7 Å². The first-order valence-electron chi connectivity index (χ1n) is 8.23. The molecular weight excluding hydrogens is 381 g/mol. The second kappa shape index (κ2) is 9.45. The van der Waals surface area contributed by atoms with Crippen LogP contribution in [0.1, 0.15) is 50.9 Å². The van der Waals surface area contributed by atoms with Crippen molar-refractivity contribution in [2.75, 3.05) is 11.9 Å². The minimum Gasteiger partial charge on any atom is -0.463 e. The highest BCUT2D eigenvalue weighted by Gasteiger charge is 2.34. The zero-order valence-corrected chi connectivity index (χ0v) is 16.2. The number of esters is 2. The van der Waals surface area contributed by atoms with E-state index in [1.807, 2.05) is 0 Å². The first kappa shape index (κ1) is 22.6. The van der Waals surface area contributed by atoms with E-state index in [9.17, 15) is 23.6 Å². The standard InChI is InChI=1S/C18H21ClFNO6/c1-5-10(22)7-15(23)21-14-8-11(12(19)9-13(14)20)16(24)27-18(3,4)17(25)26-6-2/h8-9H,5-7H2,1-4H3,(H,21,23). The van der Waals surface area contributed by atoms with Crippen LogP contribution in [0.2, 0.25) is 5.02 Å². The Morgan fingerprint density at radius 2 is 1.81 bits per heavy atom. The second-order valence-electron chi connectivity index (χ2n) is 6.05. The van der Waals surface area contributed by atoms with Gasteiger partial charge in [0.2, 0.25) is 11.5 Å². The number of carbonyl (C=O) groups excluding carboxylic acids is 4. The van der Waals surface area contributed by atoms with Crippen molar-refractivity contribution in [2.24, 2.45) is 0 Å². The van der Waals surface area contributed by atoms with Gasteiger partial charge in [0.25, 0.3) is 0 Å². The number of benzene rings is 1. The molecule has 1 N–H and O–H groups in total. The Labute approximate surface area is 161 Å². The molecule has 0 atom stereocenters. The molecule has 27 heavy (non-hydrogen) atoms. The summed E-state index contributed by atoms with van der Waals surface area (Å²) in [4.78, 5) is 47.3. The molecule has 0 saturated carbocycles. The van der Waals surface area contributed by atoms with Crippen molar-refractivity contribution in [3.8, 4) is 0 Å². The highest BCUT2D eigenvalue weighted by molar-refractivity contribution is 6.33. The second-order valence-corrected chi connectivity index (χ2v) is 6.46. The van der Waals surface area contributed by atoms with E-state index in [0.717, 1.165) is 12.1 Å². The summed E-state index contributed by atoms with van der Waals surface area (Å²) in [5.41, 5.74) is -2.19. The molecule has 0 heterocycles. The van der Waals surface area contributed by atoms with Gasteiger partial charge in [0.15, 0.2) is 0 Å². The van der Waals surface area contributed by atoms with Gasteiger partial charge in [0.05, 0.1) is 29.3 Å². The summed E-state index contributed by atoms with van der Waals surface area (Å²) < 4.78 is 24.0. The lowest BCUT2D eigenvalue weighted by Gasteiger charge is -2.23. The van der Waals surface area contributed by atoms with E-state index >= 15 is 0 Å². The Hall–Kier alpha value is -2.48. The number of hydrogen-bond acceptors (Lipinski definition) is 6. The summed E-state index contributed by atoms with van der Waals surface area (Å²) in [5, 5.41) is 1.95. The first-order chi connectivity index (χ1) is 12.5. The summed E-state index contributed by atoms with van der Waals surface area (Å²) in [5.74, 6) is -3.70. The Bertz CT molecular complexity index is 762. The maximum absolute atomic E-state index is 14.0. The fraction of sp³-hybridized carbons (Fsp3) is 0.444. The molecule has 0 bridgehead atoms. The highest BCUT2D eigenvalue weighted by Crippen LogP contribution is 2.27. The molecule has 0 aliphatic carbocycles. The van der Waals surface area contributed by atoms with E-state index in [2.05, 4.69) is 5.32 Å². The van der Waals surface area contributed by atoms with Crippen LogP contribution >= 0.6 is 11.6 Å². The number of anilines is 1. The normalized spacial score (nSPS) is 10.9. The Morgan fingerprint density at radius 3 is 2.37 bits per heavy atom. The SMILES string of the molecule is CCOC(=O)C(C)(C)OC(=O)c1cc(NC(=O)CC(=O)CC)c(F)cc1Cl. The van der Waals surface area contributed by atoms with Gasteiger partial charge in [-0.25, -0.2) is 14.0 Å². The lowest BCUT2D eigenvalue weighted by molar-refractivity contribution is -0.162. The molecule has 0 saturated heterocycles. The van der Waals surface area contributed by atoms with Crippen LogP contribution in [0, 0.1) is 5.82 Å². The molecule has 9 heteroatoms. The van der Waals surface area contributed by atoms with Gasteiger partial charge in [-0.2, -0.15) is 0 Å². The number of Topliss-reactive ketones (excluding diaryl/α,β-unsaturated/α-hetero) is 1. The Morgan fingerprint density at radius 1 is 1.19 bits per heavy atom. The molecule has 0 aromatic heterocycles. The third kappa shape index (κ3) is 6.32. The lowest BCUT2D eigenvalue weighted by atomic mass is 10.1. The van der Waals surface area contributed by atoms with E-state index in [0.29, 0.717) is 0 Å². The monoisotopic (exact) mass is 401 g/mol. The summed E-state index contributed by atoms with van der Waals surface area (Å²) in [7, 11) is 0. The fourth-order valence-electron chi connectivity index (χ4n) is 1.93. The van der Waals surface area contributed by atoms with Gasteiger partial charge in [-0.3, -0.25) is 9.59 Å². The number of ketones is 1. The number of halogens is 2. The van der Waals surface area contributed by atoms with Crippen molar-refractivity contribution < 1.29 is 33.0 Å². The molecule has 0 spiro atoms. The molecule has 0 aliphatic heterocycles. The molecule has 1 amide bonds. The number of carbonyl (C=O) groups is 4. The molecule has 148 valence electrons. The van der Waals surface area contributed by atoms with Crippen LogP contribution in [0.5, 0.6) is 0 Å². The third-order valence-electron chi connectivity index (χ3n) is 3.42.